The maximum absolute atomic E-state index is 13.2. The molecule has 2 aromatic heterocycles. The van der Waals surface area contributed by atoms with E-state index < -0.39 is 5.63 Å². The Kier molecular flexibility index (Phi) is 3.39. The minimum absolute atomic E-state index is 0.194. The van der Waals surface area contributed by atoms with Gasteiger partial charge in [0.1, 0.15) is 11.3 Å². The van der Waals surface area contributed by atoms with Gasteiger partial charge in [-0.05, 0) is 18.2 Å². The first-order valence-corrected chi connectivity index (χ1v) is 7.79. The Morgan fingerprint density at radius 2 is 1.80 bits per heavy atom. The summed E-state index contributed by atoms with van der Waals surface area (Å²) in [5, 5.41) is 0.580. The molecule has 0 unspecified atom stereocenters. The number of hydrogen-bond donors (Lipinski definition) is 1. The lowest BCUT2D eigenvalue weighted by Crippen LogP contribution is -2.23. The van der Waals surface area contributed by atoms with Gasteiger partial charge in [-0.3, -0.25) is 4.79 Å². The quantitative estimate of drug-likeness (QED) is 0.460. The Morgan fingerprint density at radius 1 is 1.08 bits per heavy atom. The molecule has 0 radical (unpaired) electrons. The lowest BCUT2D eigenvalue weighted by molar-refractivity contribution is 0.103. The van der Waals surface area contributed by atoms with Gasteiger partial charge >= 0.3 is 5.63 Å². The third-order valence-electron chi connectivity index (χ3n) is 4.07. The summed E-state index contributed by atoms with van der Waals surface area (Å²) in [6.07, 6.45) is 0. The number of rotatable bonds is 3. The Bertz CT molecular complexity index is 1140. The molecule has 0 atom stereocenters. The van der Waals surface area contributed by atoms with Gasteiger partial charge in [-0.15, -0.1) is 0 Å². The summed E-state index contributed by atoms with van der Waals surface area (Å²) in [6.45, 7) is 0. The predicted molar refractivity (Wildman–Crippen MR) is 96.3 cm³/mol. The van der Waals surface area contributed by atoms with Crippen LogP contribution < -0.4 is 10.5 Å². The molecule has 0 spiro atoms. The highest BCUT2D eigenvalue weighted by Crippen LogP contribution is 2.27. The monoisotopic (exact) mass is 333 g/mol. The van der Waals surface area contributed by atoms with Crippen molar-refractivity contribution >= 4 is 33.5 Å². The lowest BCUT2D eigenvalue weighted by Gasteiger charge is -2.16. The van der Waals surface area contributed by atoms with Crippen LogP contribution in [-0.2, 0) is 0 Å². The van der Waals surface area contributed by atoms with Crippen molar-refractivity contribution in [1.82, 2.24) is 9.97 Å². The van der Waals surface area contributed by atoms with Crippen molar-refractivity contribution in [2.75, 3.05) is 19.0 Å². The molecule has 1 N–H and O–H groups in total. The topological polar surface area (TPSA) is 79.2 Å². The van der Waals surface area contributed by atoms with Crippen molar-refractivity contribution < 1.29 is 9.21 Å². The molecule has 6 nitrogen and oxygen atoms in total. The molecule has 0 saturated heterocycles. The smallest absolute Gasteiger partial charge is 0.360 e. The molecule has 0 aliphatic rings. The van der Waals surface area contributed by atoms with Crippen LogP contribution in [0.2, 0.25) is 0 Å². The second-order valence-corrected chi connectivity index (χ2v) is 5.94. The summed E-state index contributed by atoms with van der Waals surface area (Å²) in [6, 6.07) is 14.4. The van der Waals surface area contributed by atoms with Crippen molar-refractivity contribution in [1.29, 1.82) is 0 Å². The van der Waals surface area contributed by atoms with Crippen LogP contribution in [0.5, 0.6) is 0 Å². The number of imidazole rings is 1. The summed E-state index contributed by atoms with van der Waals surface area (Å²) in [5.74, 6) is -0.149. The minimum Gasteiger partial charge on any atom is -0.421 e. The minimum atomic E-state index is -0.553. The normalized spacial score (nSPS) is 11.1. The second-order valence-electron chi connectivity index (χ2n) is 5.94. The first-order valence-electron chi connectivity index (χ1n) is 7.79. The molecule has 2 heterocycles. The van der Waals surface area contributed by atoms with Gasteiger partial charge in [-0.2, -0.15) is 0 Å². The van der Waals surface area contributed by atoms with Crippen LogP contribution in [0.15, 0.2) is 57.7 Å². The van der Waals surface area contributed by atoms with Crippen LogP contribution in [0.25, 0.3) is 22.0 Å². The van der Waals surface area contributed by atoms with E-state index in [2.05, 4.69) is 9.97 Å². The average Bonchev–Trinajstić information content (AvgIpc) is 3.03. The van der Waals surface area contributed by atoms with Crippen molar-refractivity contribution in [3.8, 4) is 0 Å². The van der Waals surface area contributed by atoms with Crippen molar-refractivity contribution in [2.45, 2.75) is 0 Å². The highest BCUT2D eigenvalue weighted by molar-refractivity contribution is 6.18. The van der Waals surface area contributed by atoms with Crippen LogP contribution in [-0.4, -0.2) is 29.8 Å². The summed E-state index contributed by atoms with van der Waals surface area (Å²) < 4.78 is 5.36. The lowest BCUT2D eigenvalue weighted by atomic mass is 10.0. The number of carbonyl (C=O) groups excluding carboxylic acids is 1. The van der Waals surface area contributed by atoms with E-state index in [1.165, 1.54) is 0 Å². The predicted octanol–water partition coefficient (Wildman–Crippen LogP) is 2.97. The summed E-state index contributed by atoms with van der Waals surface area (Å²) in [7, 11) is 3.41. The number of carbonyl (C=O) groups is 1. The van der Waals surface area contributed by atoms with Gasteiger partial charge in [0.05, 0.1) is 16.6 Å². The molecule has 0 aliphatic carbocycles. The molecule has 6 heteroatoms. The van der Waals surface area contributed by atoms with Crippen LogP contribution >= 0.6 is 0 Å². The Labute approximate surface area is 142 Å². The molecule has 0 bridgehead atoms. The molecular formula is C19H15N3O3. The molecule has 0 amide bonds. The molecule has 0 aliphatic heterocycles. The van der Waals surface area contributed by atoms with Gasteiger partial charge in [-0.1, -0.05) is 30.3 Å². The molecule has 2 aromatic carbocycles. The highest BCUT2D eigenvalue weighted by Gasteiger charge is 2.25. The largest absolute Gasteiger partial charge is 0.421 e. The Hall–Kier alpha value is -3.41. The van der Waals surface area contributed by atoms with Crippen LogP contribution in [0.1, 0.15) is 16.2 Å². The average molecular weight is 333 g/mol. The zero-order valence-electron chi connectivity index (χ0n) is 13.7. The number of benzene rings is 2. The number of ketones is 1. The van der Waals surface area contributed by atoms with Crippen LogP contribution in [0.3, 0.4) is 0 Å². The van der Waals surface area contributed by atoms with E-state index in [0.29, 0.717) is 16.5 Å². The highest BCUT2D eigenvalue weighted by atomic mass is 16.4. The third-order valence-corrected chi connectivity index (χ3v) is 4.07. The standard InChI is InChI=1S/C19H15N3O3/c1-22(2)16-15(11-7-3-6-10-14(11)25-19(16)24)17(23)18-20-12-8-4-5-9-13(12)21-18/h3-10H,1-2H3,(H,20,21). The molecule has 4 rings (SSSR count). The second kappa shape index (κ2) is 5.59. The van der Waals surface area contributed by atoms with E-state index in [1.54, 1.807) is 43.3 Å². The fourth-order valence-corrected chi connectivity index (χ4v) is 2.95. The van der Waals surface area contributed by atoms with Gasteiger partial charge in [-0.25, -0.2) is 9.78 Å². The van der Waals surface area contributed by atoms with Crippen molar-refractivity contribution in [3.63, 3.8) is 0 Å². The van der Waals surface area contributed by atoms with Gasteiger partial charge in [0, 0.05) is 19.5 Å². The number of H-pyrrole nitrogens is 1. The fraction of sp³-hybridized carbons (Fsp3) is 0.105. The maximum atomic E-state index is 13.2. The number of aromatic amines is 1. The number of anilines is 1. The van der Waals surface area contributed by atoms with Crippen LogP contribution in [0, 0.1) is 0 Å². The zero-order valence-corrected chi connectivity index (χ0v) is 13.7. The molecule has 0 saturated carbocycles. The third kappa shape index (κ3) is 2.39. The van der Waals surface area contributed by atoms with E-state index in [9.17, 15) is 9.59 Å². The van der Waals surface area contributed by atoms with E-state index in [1.807, 2.05) is 24.3 Å². The zero-order chi connectivity index (χ0) is 17.6. The number of fused-ring (bicyclic) bond motifs is 2. The molecule has 4 aromatic rings. The molecular weight excluding hydrogens is 318 g/mol. The van der Waals surface area contributed by atoms with Crippen LogP contribution in [0.4, 0.5) is 5.69 Å². The number of aromatic nitrogens is 2. The summed E-state index contributed by atoms with van der Waals surface area (Å²) >= 11 is 0. The van der Waals surface area contributed by atoms with Crippen molar-refractivity contribution in [2.24, 2.45) is 0 Å². The summed E-state index contributed by atoms with van der Waals surface area (Å²) in [5.41, 5.74) is 1.79. The van der Waals surface area contributed by atoms with Gasteiger partial charge in [0.15, 0.2) is 5.82 Å². The molecule has 124 valence electrons. The first-order chi connectivity index (χ1) is 12.1. The molecule has 0 fully saturated rings. The van der Waals surface area contributed by atoms with E-state index in [4.69, 9.17) is 4.42 Å². The van der Waals surface area contributed by atoms with Gasteiger partial charge in [0.25, 0.3) is 0 Å². The first kappa shape index (κ1) is 15.1. The Balaban J connectivity index is 2.02. The van der Waals surface area contributed by atoms with E-state index in [-0.39, 0.29) is 22.9 Å². The van der Waals surface area contributed by atoms with Gasteiger partial charge < -0.3 is 14.3 Å². The van der Waals surface area contributed by atoms with E-state index >= 15 is 0 Å². The summed E-state index contributed by atoms with van der Waals surface area (Å²) in [4.78, 5) is 34.6. The number of para-hydroxylation sites is 3. The maximum Gasteiger partial charge on any atom is 0.360 e. The van der Waals surface area contributed by atoms with Crippen molar-refractivity contribution in [3.05, 3.63) is 70.3 Å². The fourth-order valence-electron chi connectivity index (χ4n) is 2.95. The number of nitrogens with zero attached hydrogens (tertiary/aromatic N) is 2. The van der Waals surface area contributed by atoms with E-state index in [0.717, 1.165) is 5.52 Å². The molecule has 25 heavy (non-hydrogen) atoms. The number of hydrogen-bond acceptors (Lipinski definition) is 5. The SMILES string of the molecule is CN(C)c1c(C(=O)c2nc3ccccc3[nH]2)c2ccccc2oc1=O. The van der Waals surface area contributed by atoms with Gasteiger partial charge in [0.2, 0.25) is 5.78 Å². The number of nitrogens with one attached hydrogen (secondary N) is 1. The Morgan fingerprint density at radius 3 is 2.56 bits per heavy atom.